The van der Waals surface area contributed by atoms with E-state index in [9.17, 15) is 9.59 Å². The molecule has 3 aromatic rings. The molecule has 1 atom stereocenters. The molecule has 0 aliphatic carbocycles. The van der Waals surface area contributed by atoms with E-state index in [0.717, 1.165) is 37.7 Å². The first-order valence-corrected chi connectivity index (χ1v) is 10.1. The number of amides is 2. The van der Waals surface area contributed by atoms with Gasteiger partial charge in [-0.1, -0.05) is 52.3 Å². The molecule has 0 bridgehead atoms. The van der Waals surface area contributed by atoms with Crippen LogP contribution in [0.3, 0.4) is 0 Å². The van der Waals surface area contributed by atoms with E-state index < -0.39 is 0 Å². The third-order valence-electron chi connectivity index (χ3n) is 5.32. The Morgan fingerprint density at radius 3 is 2.64 bits per heavy atom. The third-order valence-corrected chi connectivity index (χ3v) is 6.17. The van der Waals surface area contributed by atoms with Gasteiger partial charge in [0.05, 0.1) is 11.6 Å². The maximum Gasteiger partial charge on any atom is 0.229 e. The van der Waals surface area contributed by atoms with Crippen LogP contribution in [0.5, 0.6) is 0 Å². The lowest BCUT2D eigenvalue weighted by atomic mass is 10.1. The van der Waals surface area contributed by atoms with Gasteiger partial charge in [-0.05, 0) is 48.6 Å². The van der Waals surface area contributed by atoms with E-state index in [-0.39, 0.29) is 24.2 Å². The first-order chi connectivity index (χ1) is 13.4. The highest BCUT2D eigenvalue weighted by Crippen LogP contribution is 2.32. The molecule has 2 amide bonds. The number of rotatable bonds is 3. The largest absolute Gasteiger partial charge is 0.326 e. The molecule has 1 fully saturated rings. The number of halogens is 1. The standard InChI is InChI=1S/C23H21BrN2O2/c1-14-11-20(15(2)10-19(14)24)25-23(28)17-12-22(27)26(13-17)21-9-5-7-16-6-3-4-8-18(16)21/h3-11,17H,12-13H2,1-2H3,(H,25,28)/t17-/m1/s1. The lowest BCUT2D eigenvalue weighted by Gasteiger charge is -2.19. The molecular weight excluding hydrogens is 416 g/mol. The van der Waals surface area contributed by atoms with Gasteiger partial charge in [-0.2, -0.15) is 0 Å². The number of hydrogen-bond acceptors (Lipinski definition) is 2. The molecule has 1 heterocycles. The van der Waals surface area contributed by atoms with Crippen LogP contribution in [0.4, 0.5) is 11.4 Å². The molecule has 5 heteroatoms. The van der Waals surface area contributed by atoms with E-state index in [1.807, 2.05) is 68.4 Å². The van der Waals surface area contributed by atoms with E-state index in [1.54, 1.807) is 4.90 Å². The summed E-state index contributed by atoms with van der Waals surface area (Å²) in [6.07, 6.45) is 0.226. The van der Waals surface area contributed by atoms with Crippen LogP contribution in [0.1, 0.15) is 17.5 Å². The van der Waals surface area contributed by atoms with Crippen LogP contribution in [-0.2, 0) is 9.59 Å². The Labute approximate surface area is 172 Å². The fourth-order valence-electron chi connectivity index (χ4n) is 3.71. The molecule has 4 nitrogen and oxygen atoms in total. The van der Waals surface area contributed by atoms with Gasteiger partial charge in [0, 0.05) is 28.5 Å². The SMILES string of the molecule is Cc1cc(NC(=O)[C@@H]2CC(=O)N(c3cccc4ccccc34)C2)c(C)cc1Br. The van der Waals surface area contributed by atoms with E-state index in [4.69, 9.17) is 0 Å². The summed E-state index contributed by atoms with van der Waals surface area (Å²) >= 11 is 3.51. The summed E-state index contributed by atoms with van der Waals surface area (Å²) in [6, 6.07) is 17.9. The van der Waals surface area contributed by atoms with Gasteiger partial charge in [0.15, 0.2) is 0 Å². The summed E-state index contributed by atoms with van der Waals surface area (Å²) in [5.41, 5.74) is 3.71. The topological polar surface area (TPSA) is 49.4 Å². The number of carbonyl (C=O) groups excluding carboxylic acids is 2. The average Bonchev–Trinajstić information content (AvgIpc) is 3.07. The fourth-order valence-corrected chi connectivity index (χ4v) is 4.17. The number of aryl methyl sites for hydroxylation is 2. The van der Waals surface area contributed by atoms with Crippen molar-refractivity contribution in [1.82, 2.24) is 0 Å². The number of nitrogens with zero attached hydrogens (tertiary/aromatic N) is 1. The van der Waals surface area contributed by atoms with E-state index in [2.05, 4.69) is 21.2 Å². The quantitative estimate of drug-likeness (QED) is 0.612. The van der Waals surface area contributed by atoms with Crippen molar-refractivity contribution in [2.24, 2.45) is 5.92 Å². The second-order valence-corrected chi connectivity index (χ2v) is 8.16. The van der Waals surface area contributed by atoms with E-state index >= 15 is 0 Å². The molecule has 28 heavy (non-hydrogen) atoms. The molecular formula is C23H21BrN2O2. The highest BCUT2D eigenvalue weighted by atomic mass is 79.9. The second-order valence-electron chi connectivity index (χ2n) is 7.31. The van der Waals surface area contributed by atoms with Gasteiger partial charge in [-0.15, -0.1) is 0 Å². The summed E-state index contributed by atoms with van der Waals surface area (Å²) in [4.78, 5) is 27.3. The van der Waals surface area contributed by atoms with Gasteiger partial charge in [-0.3, -0.25) is 9.59 Å². The number of nitrogens with one attached hydrogen (secondary N) is 1. The molecule has 1 N–H and O–H groups in total. The minimum absolute atomic E-state index is 0.0137. The summed E-state index contributed by atoms with van der Waals surface area (Å²) in [5, 5.41) is 5.12. The fraction of sp³-hybridized carbons (Fsp3) is 0.217. The zero-order valence-corrected chi connectivity index (χ0v) is 17.4. The minimum atomic E-state index is -0.366. The molecule has 142 valence electrons. The number of hydrogen-bond donors (Lipinski definition) is 1. The van der Waals surface area contributed by atoms with Crippen LogP contribution in [0.15, 0.2) is 59.1 Å². The molecule has 1 aliphatic heterocycles. The molecule has 1 aliphatic rings. The smallest absolute Gasteiger partial charge is 0.229 e. The number of benzene rings is 3. The van der Waals surface area contributed by atoms with Gasteiger partial charge in [-0.25, -0.2) is 0 Å². The van der Waals surface area contributed by atoms with Crippen molar-refractivity contribution in [2.75, 3.05) is 16.8 Å². The zero-order valence-electron chi connectivity index (χ0n) is 15.8. The minimum Gasteiger partial charge on any atom is -0.326 e. The Kier molecular flexibility index (Phi) is 4.94. The van der Waals surface area contributed by atoms with E-state index in [0.29, 0.717) is 6.54 Å². The predicted octanol–water partition coefficient (Wildman–Crippen LogP) is 5.21. The Hall–Kier alpha value is -2.66. The number of fused-ring (bicyclic) bond motifs is 1. The lowest BCUT2D eigenvalue weighted by molar-refractivity contribution is -0.122. The lowest BCUT2D eigenvalue weighted by Crippen LogP contribution is -2.28. The molecule has 0 spiro atoms. The van der Waals surface area contributed by atoms with Crippen molar-refractivity contribution >= 4 is 49.9 Å². The molecule has 0 saturated carbocycles. The number of carbonyl (C=O) groups is 2. The zero-order chi connectivity index (χ0) is 19.8. The van der Waals surface area contributed by atoms with Crippen LogP contribution in [-0.4, -0.2) is 18.4 Å². The van der Waals surface area contributed by atoms with Crippen LogP contribution in [0.25, 0.3) is 10.8 Å². The molecule has 3 aromatic carbocycles. The summed E-state index contributed by atoms with van der Waals surface area (Å²) in [5.74, 6) is -0.490. The van der Waals surface area contributed by atoms with E-state index in [1.165, 1.54) is 0 Å². The van der Waals surface area contributed by atoms with Crippen molar-refractivity contribution < 1.29 is 9.59 Å². The maximum atomic E-state index is 12.8. The van der Waals surface area contributed by atoms with Crippen molar-refractivity contribution in [3.05, 3.63) is 70.2 Å². The Morgan fingerprint density at radius 1 is 1.07 bits per heavy atom. The Morgan fingerprint density at radius 2 is 1.82 bits per heavy atom. The van der Waals surface area contributed by atoms with Gasteiger partial charge < -0.3 is 10.2 Å². The summed E-state index contributed by atoms with van der Waals surface area (Å²) in [6.45, 7) is 4.34. The van der Waals surface area contributed by atoms with Gasteiger partial charge in [0.25, 0.3) is 0 Å². The molecule has 1 saturated heterocycles. The Bertz CT molecular complexity index is 1090. The average molecular weight is 437 g/mol. The third kappa shape index (κ3) is 3.42. The highest BCUT2D eigenvalue weighted by molar-refractivity contribution is 9.10. The molecule has 0 radical (unpaired) electrons. The Balaban J connectivity index is 1.56. The van der Waals surface area contributed by atoms with Gasteiger partial charge in [0.2, 0.25) is 11.8 Å². The number of anilines is 2. The van der Waals surface area contributed by atoms with Gasteiger partial charge in [0.1, 0.15) is 0 Å². The van der Waals surface area contributed by atoms with Crippen LogP contribution in [0.2, 0.25) is 0 Å². The highest BCUT2D eigenvalue weighted by Gasteiger charge is 2.35. The summed E-state index contributed by atoms with van der Waals surface area (Å²) < 4.78 is 1.01. The van der Waals surface area contributed by atoms with Crippen molar-refractivity contribution in [2.45, 2.75) is 20.3 Å². The van der Waals surface area contributed by atoms with Crippen LogP contribution in [0, 0.1) is 19.8 Å². The van der Waals surface area contributed by atoms with Gasteiger partial charge >= 0.3 is 0 Å². The predicted molar refractivity (Wildman–Crippen MR) is 117 cm³/mol. The molecule has 0 unspecified atom stereocenters. The van der Waals surface area contributed by atoms with Crippen molar-refractivity contribution in [1.29, 1.82) is 0 Å². The monoisotopic (exact) mass is 436 g/mol. The second kappa shape index (κ2) is 7.40. The first-order valence-electron chi connectivity index (χ1n) is 9.30. The van der Waals surface area contributed by atoms with Crippen LogP contribution >= 0.6 is 15.9 Å². The first kappa shape index (κ1) is 18.7. The van der Waals surface area contributed by atoms with Crippen LogP contribution < -0.4 is 10.2 Å². The molecule has 4 rings (SSSR count). The summed E-state index contributed by atoms with van der Waals surface area (Å²) in [7, 11) is 0. The molecule has 0 aromatic heterocycles. The maximum absolute atomic E-state index is 12.8. The van der Waals surface area contributed by atoms with Crippen molar-refractivity contribution in [3.63, 3.8) is 0 Å². The van der Waals surface area contributed by atoms with Crippen molar-refractivity contribution in [3.8, 4) is 0 Å². The normalized spacial score (nSPS) is 16.6.